The molecule has 0 spiro atoms. The molecule has 1 aromatic heterocycles. The molecule has 0 bridgehead atoms. The van der Waals surface area contributed by atoms with E-state index < -0.39 is 0 Å². The predicted octanol–water partition coefficient (Wildman–Crippen LogP) is 4.33. The van der Waals surface area contributed by atoms with Crippen LogP contribution >= 0.6 is 39.9 Å². The van der Waals surface area contributed by atoms with Crippen molar-refractivity contribution in [1.29, 1.82) is 0 Å². The minimum absolute atomic E-state index is 0. The summed E-state index contributed by atoms with van der Waals surface area (Å²) in [5.41, 5.74) is 1.56. The van der Waals surface area contributed by atoms with Crippen LogP contribution in [0.3, 0.4) is 0 Å². The molecule has 148 valence electrons. The standard InChI is InChI=1S/C19H26BrN5O.HI/c1-3-21-18(22-12-17-24-14(2)26-25-17)23-13-19(10-4-5-11-19)15-6-8-16(20)9-7-15;/h6-9H,3-5,10-13H2,1-2H3,(H2,21,22,23);1H. The maximum Gasteiger partial charge on any atom is 0.223 e. The summed E-state index contributed by atoms with van der Waals surface area (Å²) in [7, 11) is 0. The third-order valence-electron chi connectivity index (χ3n) is 4.90. The largest absolute Gasteiger partial charge is 0.357 e. The number of hydrogen-bond acceptors (Lipinski definition) is 4. The van der Waals surface area contributed by atoms with Gasteiger partial charge in [0.1, 0.15) is 6.54 Å². The van der Waals surface area contributed by atoms with Gasteiger partial charge in [0, 0.05) is 29.9 Å². The van der Waals surface area contributed by atoms with Gasteiger partial charge in [0.15, 0.2) is 11.8 Å². The number of nitrogens with zero attached hydrogens (tertiary/aromatic N) is 3. The van der Waals surface area contributed by atoms with Crippen LogP contribution in [0.5, 0.6) is 0 Å². The maximum absolute atomic E-state index is 5.01. The second-order valence-corrected chi connectivity index (χ2v) is 7.69. The number of guanidine groups is 1. The summed E-state index contributed by atoms with van der Waals surface area (Å²) in [6.07, 6.45) is 4.94. The monoisotopic (exact) mass is 547 g/mol. The molecule has 1 fully saturated rings. The first-order valence-corrected chi connectivity index (χ1v) is 9.98. The predicted molar refractivity (Wildman–Crippen MR) is 122 cm³/mol. The lowest BCUT2D eigenvalue weighted by Gasteiger charge is -2.31. The summed E-state index contributed by atoms with van der Waals surface area (Å²) in [5.74, 6) is 1.95. The van der Waals surface area contributed by atoms with E-state index in [2.05, 4.69) is 72.9 Å². The SMILES string of the molecule is CCNC(=NCc1noc(C)n1)NCC1(c2ccc(Br)cc2)CCCC1.I. The molecule has 1 aliphatic rings. The van der Waals surface area contributed by atoms with Gasteiger partial charge >= 0.3 is 0 Å². The van der Waals surface area contributed by atoms with Crippen LogP contribution in [0.1, 0.15) is 49.9 Å². The van der Waals surface area contributed by atoms with Gasteiger partial charge in [0.25, 0.3) is 0 Å². The second-order valence-electron chi connectivity index (χ2n) is 6.77. The molecule has 1 aromatic carbocycles. The lowest BCUT2D eigenvalue weighted by molar-refractivity contribution is 0.387. The van der Waals surface area contributed by atoms with Crippen molar-refractivity contribution >= 4 is 45.9 Å². The molecule has 6 nitrogen and oxygen atoms in total. The van der Waals surface area contributed by atoms with E-state index in [1.165, 1.54) is 31.2 Å². The topological polar surface area (TPSA) is 75.3 Å². The minimum Gasteiger partial charge on any atom is -0.357 e. The zero-order valence-electron chi connectivity index (χ0n) is 15.8. The molecule has 0 atom stereocenters. The molecule has 8 heteroatoms. The third-order valence-corrected chi connectivity index (χ3v) is 5.43. The van der Waals surface area contributed by atoms with Crippen LogP contribution in [-0.4, -0.2) is 29.2 Å². The fraction of sp³-hybridized carbons (Fsp3) is 0.526. The van der Waals surface area contributed by atoms with Gasteiger partial charge in [-0.05, 0) is 37.5 Å². The molecule has 27 heavy (non-hydrogen) atoms. The highest BCUT2D eigenvalue weighted by Gasteiger charge is 2.35. The van der Waals surface area contributed by atoms with E-state index in [1.807, 2.05) is 0 Å². The van der Waals surface area contributed by atoms with Crippen LogP contribution < -0.4 is 10.6 Å². The first-order valence-electron chi connectivity index (χ1n) is 9.19. The molecular formula is C19H27BrIN5O. The van der Waals surface area contributed by atoms with E-state index in [4.69, 9.17) is 4.52 Å². The van der Waals surface area contributed by atoms with Crippen molar-refractivity contribution in [3.63, 3.8) is 0 Å². The molecule has 3 rings (SSSR count). The van der Waals surface area contributed by atoms with Gasteiger partial charge in [0.2, 0.25) is 5.89 Å². The molecule has 0 radical (unpaired) electrons. The normalized spacial score (nSPS) is 16.0. The number of benzene rings is 1. The second kappa shape index (κ2) is 10.4. The van der Waals surface area contributed by atoms with Gasteiger partial charge in [-0.3, -0.25) is 0 Å². The fourth-order valence-electron chi connectivity index (χ4n) is 3.57. The Morgan fingerprint density at radius 2 is 1.93 bits per heavy atom. The Hall–Kier alpha value is -1.16. The van der Waals surface area contributed by atoms with Crippen LogP contribution in [0.15, 0.2) is 38.3 Å². The number of rotatable bonds is 6. The van der Waals surface area contributed by atoms with Crippen molar-refractivity contribution in [2.45, 2.75) is 51.5 Å². The lowest BCUT2D eigenvalue weighted by atomic mass is 9.79. The zero-order chi connectivity index (χ0) is 18.4. The van der Waals surface area contributed by atoms with Gasteiger partial charge in [-0.1, -0.05) is 46.1 Å². The van der Waals surface area contributed by atoms with Crippen molar-refractivity contribution in [2.75, 3.05) is 13.1 Å². The minimum atomic E-state index is 0. The Morgan fingerprint density at radius 3 is 2.52 bits per heavy atom. The Balaban J connectivity index is 0.00000261. The molecule has 0 unspecified atom stereocenters. The molecule has 0 saturated heterocycles. The van der Waals surface area contributed by atoms with Crippen LogP contribution in [0.4, 0.5) is 0 Å². The molecule has 0 amide bonds. The number of aliphatic imine (C=N–C) groups is 1. The van der Waals surface area contributed by atoms with Gasteiger partial charge in [0.05, 0.1) is 0 Å². The van der Waals surface area contributed by atoms with Crippen LogP contribution in [0.2, 0.25) is 0 Å². The van der Waals surface area contributed by atoms with Crippen molar-refractivity contribution in [3.8, 4) is 0 Å². The van der Waals surface area contributed by atoms with Crippen molar-refractivity contribution in [1.82, 2.24) is 20.8 Å². The van der Waals surface area contributed by atoms with Crippen molar-refractivity contribution in [2.24, 2.45) is 4.99 Å². The number of halogens is 2. The van der Waals surface area contributed by atoms with E-state index in [0.29, 0.717) is 18.3 Å². The highest BCUT2D eigenvalue weighted by Crippen LogP contribution is 2.40. The van der Waals surface area contributed by atoms with Gasteiger partial charge < -0.3 is 15.2 Å². The highest BCUT2D eigenvalue weighted by atomic mass is 127. The summed E-state index contributed by atoms with van der Waals surface area (Å²) < 4.78 is 6.12. The van der Waals surface area contributed by atoms with E-state index in [1.54, 1.807) is 6.92 Å². The summed E-state index contributed by atoms with van der Waals surface area (Å²) in [6, 6.07) is 8.74. The summed E-state index contributed by atoms with van der Waals surface area (Å²) in [6.45, 7) is 5.92. The lowest BCUT2D eigenvalue weighted by Crippen LogP contribution is -2.44. The van der Waals surface area contributed by atoms with Crippen LogP contribution in [-0.2, 0) is 12.0 Å². The van der Waals surface area contributed by atoms with Crippen LogP contribution in [0.25, 0.3) is 0 Å². The quantitative estimate of drug-likeness (QED) is 0.320. The number of hydrogen-bond donors (Lipinski definition) is 2. The number of aromatic nitrogens is 2. The zero-order valence-corrected chi connectivity index (χ0v) is 19.7. The summed E-state index contributed by atoms with van der Waals surface area (Å²) in [5, 5.41) is 10.7. The van der Waals surface area contributed by atoms with Gasteiger partial charge in [-0.25, -0.2) is 4.99 Å². The molecule has 2 N–H and O–H groups in total. The number of aryl methyl sites for hydroxylation is 1. The maximum atomic E-state index is 5.01. The Morgan fingerprint density at radius 1 is 1.22 bits per heavy atom. The van der Waals surface area contributed by atoms with E-state index >= 15 is 0 Å². The smallest absolute Gasteiger partial charge is 0.223 e. The average Bonchev–Trinajstić information content (AvgIpc) is 3.28. The number of nitrogens with one attached hydrogen (secondary N) is 2. The summed E-state index contributed by atoms with van der Waals surface area (Å²) >= 11 is 3.53. The van der Waals surface area contributed by atoms with E-state index in [0.717, 1.165) is 23.5 Å². The third kappa shape index (κ3) is 5.91. The molecule has 2 aromatic rings. The van der Waals surface area contributed by atoms with Crippen LogP contribution in [0, 0.1) is 6.92 Å². The first kappa shape index (κ1) is 22.1. The van der Waals surface area contributed by atoms with Gasteiger partial charge in [-0.2, -0.15) is 4.98 Å². The van der Waals surface area contributed by atoms with E-state index in [-0.39, 0.29) is 29.4 Å². The van der Waals surface area contributed by atoms with Crippen molar-refractivity contribution in [3.05, 3.63) is 46.0 Å². The fourth-order valence-corrected chi connectivity index (χ4v) is 3.84. The molecule has 1 saturated carbocycles. The molecule has 0 aliphatic heterocycles. The first-order chi connectivity index (χ1) is 12.6. The van der Waals surface area contributed by atoms with E-state index in [9.17, 15) is 0 Å². The van der Waals surface area contributed by atoms with Crippen molar-refractivity contribution < 1.29 is 4.52 Å². The highest BCUT2D eigenvalue weighted by molar-refractivity contribution is 14.0. The molecular weight excluding hydrogens is 521 g/mol. The Labute approximate surface area is 186 Å². The Bertz CT molecular complexity index is 741. The average molecular weight is 548 g/mol. The molecule has 1 heterocycles. The Kier molecular flexibility index (Phi) is 8.53. The molecule has 1 aliphatic carbocycles. The summed E-state index contributed by atoms with van der Waals surface area (Å²) in [4.78, 5) is 8.80. The van der Waals surface area contributed by atoms with Gasteiger partial charge in [-0.15, -0.1) is 24.0 Å².